The van der Waals surface area contributed by atoms with E-state index in [2.05, 4.69) is 15.5 Å². The summed E-state index contributed by atoms with van der Waals surface area (Å²) in [6, 6.07) is 20.0. The molecule has 1 fully saturated rings. The molecule has 1 saturated heterocycles. The number of para-hydroxylation sites is 1. The van der Waals surface area contributed by atoms with Gasteiger partial charge in [-0.3, -0.25) is 19.3 Å². The fourth-order valence-corrected chi connectivity index (χ4v) is 6.36. The van der Waals surface area contributed by atoms with Gasteiger partial charge in [-0.15, -0.1) is 11.3 Å². The summed E-state index contributed by atoms with van der Waals surface area (Å²) in [5.41, 5.74) is 2.94. The maximum Gasteiger partial charge on any atom is 0.251 e. The van der Waals surface area contributed by atoms with Crippen molar-refractivity contribution in [1.29, 1.82) is 0 Å². The second kappa shape index (κ2) is 12.4. The van der Waals surface area contributed by atoms with Crippen molar-refractivity contribution >= 4 is 39.0 Å². The van der Waals surface area contributed by atoms with Gasteiger partial charge in [-0.2, -0.15) is 0 Å². The molecular formula is C32H33N3O4S. The van der Waals surface area contributed by atoms with E-state index >= 15 is 0 Å². The van der Waals surface area contributed by atoms with Gasteiger partial charge in [0, 0.05) is 52.3 Å². The van der Waals surface area contributed by atoms with Crippen molar-refractivity contribution in [3.8, 4) is 16.2 Å². The van der Waals surface area contributed by atoms with E-state index in [1.165, 1.54) is 30.6 Å². The van der Waals surface area contributed by atoms with Crippen molar-refractivity contribution in [1.82, 2.24) is 15.5 Å². The van der Waals surface area contributed by atoms with Crippen molar-refractivity contribution in [2.75, 3.05) is 40.3 Å². The number of hydrogen-bond donors (Lipinski definition) is 2. The first kappa shape index (κ1) is 27.6. The predicted octanol–water partition coefficient (Wildman–Crippen LogP) is 5.38. The quantitative estimate of drug-likeness (QED) is 0.271. The Bertz CT molecular complexity index is 1540. The number of amides is 2. The Morgan fingerprint density at radius 3 is 2.25 bits per heavy atom. The second-order valence-electron chi connectivity index (χ2n) is 9.83. The van der Waals surface area contributed by atoms with E-state index in [0.717, 1.165) is 40.2 Å². The molecule has 0 aliphatic carbocycles. The summed E-state index contributed by atoms with van der Waals surface area (Å²) < 4.78 is 7.01. The molecule has 0 unspecified atom stereocenters. The third kappa shape index (κ3) is 5.78. The van der Waals surface area contributed by atoms with E-state index in [0.29, 0.717) is 34.6 Å². The number of carbonyl (C=O) groups excluding carboxylic acids is 3. The molecule has 2 amide bonds. The number of ether oxygens (including phenoxy) is 1. The van der Waals surface area contributed by atoms with E-state index in [4.69, 9.17) is 4.74 Å². The Morgan fingerprint density at radius 2 is 1.52 bits per heavy atom. The van der Waals surface area contributed by atoms with Gasteiger partial charge in [0.2, 0.25) is 0 Å². The molecule has 0 radical (unpaired) electrons. The number of hydrogen-bond acceptors (Lipinski definition) is 6. The normalized spacial score (nSPS) is 13.7. The van der Waals surface area contributed by atoms with E-state index in [9.17, 15) is 14.4 Å². The SMILES string of the molecule is CNC(=O)c1ccc(-c2sc3cc(C(=O)NC)ccc3c2C(=O)c2ccccc2OCCN2CCCCC2)cc1. The Morgan fingerprint density at radius 1 is 0.850 bits per heavy atom. The summed E-state index contributed by atoms with van der Waals surface area (Å²) in [6.07, 6.45) is 3.72. The fraction of sp³-hybridized carbons (Fsp3) is 0.281. The molecule has 1 aromatic heterocycles. The van der Waals surface area contributed by atoms with Crippen LogP contribution in [-0.2, 0) is 0 Å². The monoisotopic (exact) mass is 555 g/mol. The number of benzene rings is 3. The number of rotatable bonds is 9. The molecule has 7 nitrogen and oxygen atoms in total. The lowest BCUT2D eigenvalue weighted by molar-refractivity contribution is 0.0955. The van der Waals surface area contributed by atoms with Crippen LogP contribution in [0.4, 0.5) is 0 Å². The lowest BCUT2D eigenvalue weighted by Gasteiger charge is -2.26. The summed E-state index contributed by atoms with van der Waals surface area (Å²) in [5, 5.41) is 6.07. The molecular weight excluding hydrogens is 522 g/mol. The Hall–Kier alpha value is -4.01. The number of nitrogens with one attached hydrogen (secondary N) is 2. The minimum Gasteiger partial charge on any atom is -0.491 e. The molecule has 0 bridgehead atoms. The van der Waals surface area contributed by atoms with E-state index in [1.54, 1.807) is 38.4 Å². The number of piperidine rings is 1. The highest BCUT2D eigenvalue weighted by atomic mass is 32.1. The van der Waals surface area contributed by atoms with Gasteiger partial charge >= 0.3 is 0 Å². The van der Waals surface area contributed by atoms with Crippen LogP contribution in [0.5, 0.6) is 5.75 Å². The zero-order chi connectivity index (χ0) is 28.1. The van der Waals surface area contributed by atoms with Crippen LogP contribution in [0.25, 0.3) is 20.5 Å². The lowest BCUT2D eigenvalue weighted by atomic mass is 9.96. The topological polar surface area (TPSA) is 87.7 Å². The third-order valence-electron chi connectivity index (χ3n) is 7.29. The van der Waals surface area contributed by atoms with Crippen LogP contribution in [0, 0.1) is 0 Å². The molecule has 206 valence electrons. The van der Waals surface area contributed by atoms with Crippen molar-refractivity contribution in [3.63, 3.8) is 0 Å². The summed E-state index contributed by atoms with van der Waals surface area (Å²) >= 11 is 1.46. The van der Waals surface area contributed by atoms with Gasteiger partial charge in [0.25, 0.3) is 11.8 Å². The summed E-state index contributed by atoms with van der Waals surface area (Å²) in [5.74, 6) is 0.0572. The van der Waals surface area contributed by atoms with Crippen LogP contribution in [0.2, 0.25) is 0 Å². The van der Waals surface area contributed by atoms with Gasteiger partial charge in [-0.05, 0) is 67.9 Å². The van der Waals surface area contributed by atoms with E-state index in [1.807, 2.05) is 42.5 Å². The van der Waals surface area contributed by atoms with Crippen LogP contribution in [0.3, 0.4) is 0 Å². The molecule has 8 heteroatoms. The average molecular weight is 556 g/mol. The summed E-state index contributed by atoms with van der Waals surface area (Å²) in [4.78, 5) is 41.9. The van der Waals surface area contributed by atoms with Crippen molar-refractivity contribution < 1.29 is 19.1 Å². The van der Waals surface area contributed by atoms with Gasteiger partial charge in [0.1, 0.15) is 12.4 Å². The molecule has 4 aromatic rings. The van der Waals surface area contributed by atoms with Gasteiger partial charge in [-0.1, -0.05) is 36.8 Å². The maximum absolute atomic E-state index is 14.3. The zero-order valence-corrected chi connectivity index (χ0v) is 23.6. The molecule has 2 heterocycles. The summed E-state index contributed by atoms with van der Waals surface area (Å²) in [7, 11) is 3.19. The third-order valence-corrected chi connectivity index (χ3v) is 8.49. The number of ketones is 1. The van der Waals surface area contributed by atoms with Gasteiger partial charge in [-0.25, -0.2) is 0 Å². The minimum absolute atomic E-state index is 0.141. The molecule has 0 saturated carbocycles. The number of fused-ring (bicyclic) bond motifs is 1. The lowest BCUT2D eigenvalue weighted by Crippen LogP contribution is -2.33. The Kier molecular flexibility index (Phi) is 8.57. The molecule has 0 spiro atoms. The zero-order valence-electron chi connectivity index (χ0n) is 22.8. The maximum atomic E-state index is 14.3. The number of carbonyl (C=O) groups is 3. The average Bonchev–Trinajstić information content (AvgIpc) is 3.39. The Labute approximate surface area is 238 Å². The first-order valence-electron chi connectivity index (χ1n) is 13.6. The first-order chi connectivity index (χ1) is 19.5. The van der Waals surface area contributed by atoms with Gasteiger partial charge < -0.3 is 15.4 Å². The molecule has 5 rings (SSSR count). The van der Waals surface area contributed by atoms with E-state index in [-0.39, 0.29) is 17.6 Å². The number of likely N-dealkylation sites (tertiary alicyclic amines) is 1. The van der Waals surface area contributed by atoms with Crippen molar-refractivity contribution in [3.05, 3.63) is 89.0 Å². The summed E-state index contributed by atoms with van der Waals surface area (Å²) in [6.45, 7) is 3.52. The van der Waals surface area contributed by atoms with E-state index < -0.39 is 0 Å². The molecule has 2 N–H and O–H groups in total. The highest BCUT2D eigenvalue weighted by Crippen LogP contribution is 2.41. The van der Waals surface area contributed by atoms with Crippen molar-refractivity contribution in [2.45, 2.75) is 19.3 Å². The smallest absolute Gasteiger partial charge is 0.251 e. The van der Waals surface area contributed by atoms with Crippen LogP contribution < -0.4 is 15.4 Å². The first-order valence-corrected chi connectivity index (χ1v) is 14.4. The van der Waals surface area contributed by atoms with Crippen LogP contribution in [0.15, 0.2) is 66.7 Å². The van der Waals surface area contributed by atoms with Crippen LogP contribution >= 0.6 is 11.3 Å². The van der Waals surface area contributed by atoms with Gasteiger partial charge in [0.15, 0.2) is 5.78 Å². The standard InChI is InChI=1S/C32H33N3O4S/c1-33-31(37)22-12-10-21(11-13-22)30-28(25-15-14-23(32(38)34-2)20-27(25)40-30)29(36)24-8-4-5-9-26(24)39-19-18-35-16-6-3-7-17-35/h4-5,8-15,20H,3,6-7,16-19H2,1-2H3,(H,33,37)(H,34,38). The highest BCUT2D eigenvalue weighted by molar-refractivity contribution is 7.22. The minimum atomic E-state index is -0.188. The fourth-order valence-electron chi connectivity index (χ4n) is 5.11. The van der Waals surface area contributed by atoms with Gasteiger partial charge in [0.05, 0.1) is 5.56 Å². The Balaban J connectivity index is 1.53. The number of thiophene rings is 1. The highest BCUT2D eigenvalue weighted by Gasteiger charge is 2.25. The van der Waals surface area contributed by atoms with Crippen molar-refractivity contribution in [2.24, 2.45) is 0 Å². The second-order valence-corrected chi connectivity index (χ2v) is 10.9. The molecule has 1 aliphatic heterocycles. The van der Waals surface area contributed by atoms with Crippen LogP contribution in [0.1, 0.15) is 55.9 Å². The molecule has 1 aliphatic rings. The molecule has 3 aromatic carbocycles. The molecule has 40 heavy (non-hydrogen) atoms. The largest absolute Gasteiger partial charge is 0.491 e. The molecule has 0 atom stereocenters. The number of nitrogens with zero attached hydrogens (tertiary/aromatic N) is 1. The van der Waals surface area contributed by atoms with Crippen LogP contribution in [-0.4, -0.2) is 62.8 Å². The predicted molar refractivity (Wildman–Crippen MR) is 160 cm³/mol.